The minimum Gasteiger partial charge on any atom is -0.480 e. The van der Waals surface area contributed by atoms with Crippen LogP contribution in [0.3, 0.4) is 0 Å². The first kappa shape index (κ1) is 23.8. The Labute approximate surface area is 198 Å². The van der Waals surface area contributed by atoms with Crippen molar-refractivity contribution in [3.63, 3.8) is 0 Å². The van der Waals surface area contributed by atoms with Gasteiger partial charge in [0.1, 0.15) is 18.7 Å². The van der Waals surface area contributed by atoms with Crippen LogP contribution >= 0.6 is 0 Å². The van der Waals surface area contributed by atoms with Crippen LogP contribution in [0.5, 0.6) is 0 Å². The topological polar surface area (TPSA) is 116 Å². The summed E-state index contributed by atoms with van der Waals surface area (Å²) >= 11 is 0. The Morgan fingerprint density at radius 3 is 2.21 bits per heavy atom. The van der Waals surface area contributed by atoms with Gasteiger partial charge in [0, 0.05) is 18.9 Å². The van der Waals surface area contributed by atoms with Crippen LogP contribution < -0.4 is 5.32 Å². The molecule has 4 rings (SSSR count). The summed E-state index contributed by atoms with van der Waals surface area (Å²) in [7, 11) is 0. The molecule has 180 valence electrons. The quantitative estimate of drug-likeness (QED) is 0.578. The number of nitrogens with one attached hydrogen (secondary N) is 1. The molecule has 2 aliphatic rings. The number of benzene rings is 2. The Hall–Kier alpha value is -3.39. The molecule has 0 bridgehead atoms. The Balaban J connectivity index is 1.45. The summed E-state index contributed by atoms with van der Waals surface area (Å²) < 4.78 is 5.57. The molecule has 2 aromatic carbocycles. The summed E-state index contributed by atoms with van der Waals surface area (Å²) in [5.74, 6) is -1.73. The van der Waals surface area contributed by atoms with Crippen molar-refractivity contribution in [1.82, 2.24) is 10.2 Å². The minimum absolute atomic E-state index is 0.0274. The number of nitrogens with zero attached hydrogens (tertiary/aromatic N) is 1. The maximum Gasteiger partial charge on any atom is 0.407 e. The summed E-state index contributed by atoms with van der Waals surface area (Å²) in [4.78, 5) is 38.6. The van der Waals surface area contributed by atoms with Gasteiger partial charge in [-0.25, -0.2) is 9.59 Å². The van der Waals surface area contributed by atoms with E-state index in [0.29, 0.717) is 6.42 Å². The van der Waals surface area contributed by atoms with Gasteiger partial charge in [0.2, 0.25) is 5.91 Å². The number of aliphatic hydroxyl groups excluding tert-OH is 1. The minimum atomic E-state index is -1.17. The molecule has 0 aromatic heterocycles. The van der Waals surface area contributed by atoms with E-state index in [2.05, 4.69) is 17.4 Å². The number of carboxylic acid groups (broad SMARTS) is 1. The number of alkyl carbamates (subject to hydrolysis) is 1. The number of aliphatic carboxylic acids is 1. The van der Waals surface area contributed by atoms with E-state index in [0.717, 1.165) is 27.2 Å². The fourth-order valence-electron chi connectivity index (χ4n) is 4.97. The van der Waals surface area contributed by atoms with Crippen LogP contribution in [0, 0.1) is 5.92 Å². The van der Waals surface area contributed by atoms with E-state index >= 15 is 0 Å². The number of β-amino-alcohol motifs (C(OH)–C–C–N with tert-alkyl or cyclic N) is 1. The standard InChI is InChI=1S/C26H30N2O6/c1-15(2)11-22(24(30)28-13-16(29)12-23(28)25(31)32)27-26(33)34-14-21-19-9-5-3-7-17(19)18-8-4-6-10-20(18)21/h3-10,15-16,21-23,29H,11-14H2,1-2H3,(H,27,33)(H,31,32)/t16-,22-,23-/m1/s1. The van der Waals surface area contributed by atoms with Gasteiger partial charge in [-0.3, -0.25) is 4.79 Å². The number of carboxylic acids is 1. The zero-order valence-electron chi connectivity index (χ0n) is 19.3. The van der Waals surface area contributed by atoms with E-state index in [9.17, 15) is 24.6 Å². The molecule has 8 heteroatoms. The normalized spacial score (nSPS) is 20.1. The molecule has 1 saturated heterocycles. The molecule has 2 amide bonds. The first-order chi connectivity index (χ1) is 16.3. The number of hydrogen-bond acceptors (Lipinski definition) is 5. The molecule has 2 aromatic rings. The highest BCUT2D eigenvalue weighted by Crippen LogP contribution is 2.44. The zero-order chi connectivity index (χ0) is 24.4. The number of likely N-dealkylation sites (tertiary alicyclic amines) is 1. The van der Waals surface area contributed by atoms with E-state index in [1.54, 1.807) is 0 Å². The molecular weight excluding hydrogens is 436 g/mol. The van der Waals surface area contributed by atoms with Gasteiger partial charge in [0.05, 0.1) is 6.10 Å². The summed E-state index contributed by atoms with van der Waals surface area (Å²) in [6.07, 6.45) is -1.34. The molecular formula is C26H30N2O6. The van der Waals surface area contributed by atoms with Crippen LogP contribution in [0.25, 0.3) is 11.1 Å². The lowest BCUT2D eigenvalue weighted by molar-refractivity contribution is -0.149. The molecule has 1 aliphatic carbocycles. The van der Waals surface area contributed by atoms with Gasteiger partial charge in [-0.15, -0.1) is 0 Å². The smallest absolute Gasteiger partial charge is 0.407 e. The van der Waals surface area contributed by atoms with Crippen molar-refractivity contribution < 1.29 is 29.3 Å². The van der Waals surface area contributed by atoms with Gasteiger partial charge in [0.25, 0.3) is 0 Å². The predicted octanol–water partition coefficient (Wildman–Crippen LogP) is 2.99. The maximum atomic E-state index is 13.1. The molecule has 8 nitrogen and oxygen atoms in total. The van der Waals surface area contributed by atoms with Crippen LogP contribution in [-0.2, 0) is 14.3 Å². The second-order valence-electron chi connectivity index (χ2n) is 9.39. The molecule has 0 unspecified atom stereocenters. The zero-order valence-corrected chi connectivity index (χ0v) is 19.3. The number of fused-ring (bicyclic) bond motifs is 3. The fourth-order valence-corrected chi connectivity index (χ4v) is 4.97. The highest BCUT2D eigenvalue weighted by molar-refractivity contribution is 5.90. The lowest BCUT2D eigenvalue weighted by Crippen LogP contribution is -2.52. The van der Waals surface area contributed by atoms with Gasteiger partial charge in [-0.1, -0.05) is 62.4 Å². The first-order valence-electron chi connectivity index (χ1n) is 11.6. The van der Waals surface area contributed by atoms with E-state index < -0.39 is 36.2 Å². The predicted molar refractivity (Wildman–Crippen MR) is 125 cm³/mol. The third-order valence-corrected chi connectivity index (χ3v) is 6.49. The summed E-state index contributed by atoms with van der Waals surface area (Å²) in [5, 5.41) is 22.0. The number of aliphatic hydroxyl groups is 1. The largest absolute Gasteiger partial charge is 0.480 e. The van der Waals surface area contributed by atoms with Crippen molar-refractivity contribution in [1.29, 1.82) is 0 Å². The second-order valence-corrected chi connectivity index (χ2v) is 9.39. The molecule has 0 saturated carbocycles. The summed E-state index contributed by atoms with van der Waals surface area (Å²) in [6, 6.07) is 14.0. The number of carbonyl (C=O) groups excluding carboxylic acids is 2. The molecule has 0 radical (unpaired) electrons. The van der Waals surface area contributed by atoms with Gasteiger partial charge in [0.15, 0.2) is 0 Å². The second kappa shape index (κ2) is 9.85. The fraction of sp³-hybridized carbons (Fsp3) is 0.423. The Bertz CT molecular complexity index is 1040. The molecule has 1 heterocycles. The molecule has 1 fully saturated rings. The van der Waals surface area contributed by atoms with E-state index in [1.165, 1.54) is 0 Å². The Morgan fingerprint density at radius 2 is 1.65 bits per heavy atom. The number of ether oxygens (including phenoxy) is 1. The number of amides is 2. The molecule has 3 N–H and O–H groups in total. The van der Waals surface area contributed by atoms with E-state index in [1.807, 2.05) is 50.2 Å². The molecule has 1 aliphatic heterocycles. The lowest BCUT2D eigenvalue weighted by atomic mass is 9.98. The van der Waals surface area contributed by atoms with Gasteiger partial charge >= 0.3 is 12.1 Å². The molecule has 34 heavy (non-hydrogen) atoms. The average molecular weight is 467 g/mol. The highest BCUT2D eigenvalue weighted by Gasteiger charge is 2.41. The SMILES string of the molecule is CC(C)C[C@@H](NC(=O)OCC1c2ccccc2-c2ccccc21)C(=O)N1C[C@H](O)C[C@@H]1C(=O)O. The van der Waals surface area contributed by atoms with Crippen LogP contribution in [0.4, 0.5) is 4.79 Å². The number of hydrogen-bond donors (Lipinski definition) is 3. The van der Waals surface area contributed by atoms with E-state index in [4.69, 9.17) is 4.74 Å². The van der Waals surface area contributed by atoms with Crippen LogP contribution in [-0.4, -0.2) is 64.4 Å². The summed E-state index contributed by atoms with van der Waals surface area (Å²) in [5.41, 5.74) is 4.41. The van der Waals surface area contributed by atoms with Crippen LogP contribution in [0.15, 0.2) is 48.5 Å². The van der Waals surface area contributed by atoms with Gasteiger partial charge in [-0.2, -0.15) is 0 Å². The third-order valence-electron chi connectivity index (χ3n) is 6.49. The van der Waals surface area contributed by atoms with Gasteiger partial charge < -0.3 is 25.2 Å². The van der Waals surface area contributed by atoms with Gasteiger partial charge in [-0.05, 0) is 34.6 Å². The van der Waals surface area contributed by atoms with Crippen molar-refractivity contribution in [2.24, 2.45) is 5.92 Å². The van der Waals surface area contributed by atoms with Crippen molar-refractivity contribution in [3.8, 4) is 11.1 Å². The third kappa shape index (κ3) is 4.77. The highest BCUT2D eigenvalue weighted by atomic mass is 16.5. The summed E-state index contributed by atoms with van der Waals surface area (Å²) in [6.45, 7) is 3.86. The lowest BCUT2D eigenvalue weighted by Gasteiger charge is -2.28. The van der Waals surface area contributed by atoms with Crippen LogP contribution in [0.1, 0.15) is 43.7 Å². The Morgan fingerprint density at radius 1 is 1.06 bits per heavy atom. The first-order valence-corrected chi connectivity index (χ1v) is 11.6. The number of rotatable bonds is 7. The van der Waals surface area contributed by atoms with Crippen molar-refractivity contribution >= 4 is 18.0 Å². The molecule has 0 spiro atoms. The monoisotopic (exact) mass is 466 g/mol. The number of carbonyl (C=O) groups is 3. The Kier molecular flexibility index (Phi) is 6.88. The van der Waals surface area contributed by atoms with Crippen molar-refractivity contribution in [2.45, 2.75) is 50.8 Å². The van der Waals surface area contributed by atoms with E-state index in [-0.39, 0.29) is 31.4 Å². The molecule has 3 atom stereocenters. The average Bonchev–Trinajstić information content (AvgIpc) is 3.35. The van der Waals surface area contributed by atoms with Crippen LogP contribution in [0.2, 0.25) is 0 Å². The van der Waals surface area contributed by atoms with Crippen molar-refractivity contribution in [2.75, 3.05) is 13.2 Å². The maximum absolute atomic E-state index is 13.1. The van der Waals surface area contributed by atoms with Crippen molar-refractivity contribution in [3.05, 3.63) is 59.7 Å².